The molecule has 4 rings (SSSR count). The topological polar surface area (TPSA) is 42.0 Å². The number of benzene rings is 2. The van der Waals surface area contributed by atoms with Crippen LogP contribution in [0.15, 0.2) is 42.5 Å². The van der Waals surface area contributed by atoms with Crippen LogP contribution in [-0.2, 0) is 22.4 Å². The van der Waals surface area contributed by atoms with Crippen molar-refractivity contribution in [1.29, 1.82) is 0 Å². The fourth-order valence-electron chi connectivity index (χ4n) is 4.92. The Morgan fingerprint density at radius 3 is 2.68 bits per heavy atom. The maximum atomic E-state index is 12.2. The van der Waals surface area contributed by atoms with E-state index in [1.165, 1.54) is 22.5 Å². The second kappa shape index (κ2) is 10.2. The summed E-state index contributed by atoms with van der Waals surface area (Å²) in [7, 11) is 1.73. The molecule has 1 fully saturated rings. The molecule has 2 aromatic carbocycles. The normalized spacial score (nSPS) is 18.6. The summed E-state index contributed by atoms with van der Waals surface area (Å²) in [4.78, 5) is 17.1. The molecule has 1 saturated heterocycles. The zero-order chi connectivity index (χ0) is 21.6. The molecule has 5 heteroatoms. The van der Waals surface area contributed by atoms with Crippen LogP contribution < -0.4 is 9.64 Å². The number of anilines is 2. The van der Waals surface area contributed by atoms with Crippen LogP contribution in [0.4, 0.5) is 11.4 Å². The van der Waals surface area contributed by atoms with Gasteiger partial charge in [0.05, 0.1) is 19.6 Å². The molecule has 0 aliphatic carbocycles. The third kappa shape index (κ3) is 5.04. The largest absolute Gasteiger partial charge is 0.497 e. The molecule has 2 aromatic rings. The van der Waals surface area contributed by atoms with Gasteiger partial charge in [-0.15, -0.1) is 0 Å². The van der Waals surface area contributed by atoms with E-state index in [1.807, 2.05) is 6.92 Å². The lowest BCUT2D eigenvalue weighted by Gasteiger charge is -2.33. The highest BCUT2D eigenvalue weighted by Crippen LogP contribution is 2.38. The highest BCUT2D eigenvalue weighted by Gasteiger charge is 2.27. The molecule has 31 heavy (non-hydrogen) atoms. The van der Waals surface area contributed by atoms with E-state index in [4.69, 9.17) is 9.47 Å². The third-order valence-electron chi connectivity index (χ3n) is 6.51. The van der Waals surface area contributed by atoms with Crippen molar-refractivity contribution in [2.75, 3.05) is 44.8 Å². The lowest BCUT2D eigenvalue weighted by molar-refractivity contribution is -0.149. The number of para-hydroxylation sites is 1. The van der Waals surface area contributed by atoms with E-state index >= 15 is 0 Å². The summed E-state index contributed by atoms with van der Waals surface area (Å²) in [5.74, 6) is 0.892. The minimum Gasteiger partial charge on any atom is -0.497 e. The van der Waals surface area contributed by atoms with Gasteiger partial charge in [-0.25, -0.2) is 0 Å². The molecule has 2 aliphatic heterocycles. The molecule has 0 radical (unpaired) electrons. The molecular weight excluding hydrogens is 388 g/mol. The highest BCUT2D eigenvalue weighted by molar-refractivity contribution is 5.73. The second-order valence-corrected chi connectivity index (χ2v) is 8.52. The highest BCUT2D eigenvalue weighted by atomic mass is 16.5. The molecule has 5 nitrogen and oxygen atoms in total. The summed E-state index contributed by atoms with van der Waals surface area (Å²) < 4.78 is 10.8. The van der Waals surface area contributed by atoms with Gasteiger partial charge in [0.1, 0.15) is 5.75 Å². The Kier molecular flexibility index (Phi) is 7.13. The van der Waals surface area contributed by atoms with Crippen LogP contribution in [0, 0.1) is 5.92 Å². The van der Waals surface area contributed by atoms with Crippen LogP contribution in [0.3, 0.4) is 0 Å². The van der Waals surface area contributed by atoms with E-state index in [-0.39, 0.29) is 11.9 Å². The molecule has 0 N–H and O–H groups in total. The Labute approximate surface area is 185 Å². The van der Waals surface area contributed by atoms with Crippen LogP contribution >= 0.6 is 0 Å². The van der Waals surface area contributed by atoms with E-state index < -0.39 is 0 Å². The predicted octanol–water partition coefficient (Wildman–Crippen LogP) is 4.60. The molecule has 2 aliphatic rings. The summed E-state index contributed by atoms with van der Waals surface area (Å²) in [6, 6.07) is 15.2. The van der Waals surface area contributed by atoms with Gasteiger partial charge in [-0.1, -0.05) is 24.3 Å². The molecule has 1 unspecified atom stereocenters. The van der Waals surface area contributed by atoms with Gasteiger partial charge in [-0.3, -0.25) is 4.79 Å². The minimum atomic E-state index is -0.0327. The van der Waals surface area contributed by atoms with Crippen molar-refractivity contribution in [3.63, 3.8) is 0 Å². The number of rotatable bonds is 7. The number of hydrogen-bond donors (Lipinski definition) is 0. The lowest BCUT2D eigenvalue weighted by Crippen LogP contribution is -2.40. The molecule has 0 spiro atoms. The zero-order valence-electron chi connectivity index (χ0n) is 18.8. The van der Waals surface area contributed by atoms with Crippen molar-refractivity contribution in [1.82, 2.24) is 4.90 Å². The van der Waals surface area contributed by atoms with Crippen molar-refractivity contribution in [3.05, 3.63) is 53.6 Å². The third-order valence-corrected chi connectivity index (χ3v) is 6.51. The minimum absolute atomic E-state index is 0.0256. The van der Waals surface area contributed by atoms with E-state index in [0.717, 1.165) is 64.0 Å². The maximum Gasteiger partial charge on any atom is 0.310 e. The Morgan fingerprint density at radius 1 is 1.06 bits per heavy atom. The smallest absolute Gasteiger partial charge is 0.310 e. The van der Waals surface area contributed by atoms with E-state index in [1.54, 1.807) is 7.11 Å². The summed E-state index contributed by atoms with van der Waals surface area (Å²) >= 11 is 0. The molecule has 0 bridgehead atoms. The Hall–Kier alpha value is -2.53. The maximum absolute atomic E-state index is 12.2. The summed E-state index contributed by atoms with van der Waals surface area (Å²) in [6.07, 6.45) is 5.15. The van der Waals surface area contributed by atoms with E-state index in [2.05, 4.69) is 52.3 Å². The number of methoxy groups -OCH3 is 1. The van der Waals surface area contributed by atoms with Gasteiger partial charge >= 0.3 is 5.97 Å². The van der Waals surface area contributed by atoms with Crippen molar-refractivity contribution < 1.29 is 14.3 Å². The molecule has 2 heterocycles. The van der Waals surface area contributed by atoms with Crippen LogP contribution in [0.2, 0.25) is 0 Å². The molecule has 166 valence electrons. The second-order valence-electron chi connectivity index (χ2n) is 8.52. The predicted molar refractivity (Wildman–Crippen MR) is 124 cm³/mol. The number of nitrogens with zero attached hydrogens (tertiary/aromatic N) is 2. The summed E-state index contributed by atoms with van der Waals surface area (Å²) in [5, 5.41) is 0. The van der Waals surface area contributed by atoms with Crippen molar-refractivity contribution >= 4 is 17.3 Å². The van der Waals surface area contributed by atoms with Gasteiger partial charge in [0.25, 0.3) is 0 Å². The van der Waals surface area contributed by atoms with Gasteiger partial charge in [0.15, 0.2) is 0 Å². The van der Waals surface area contributed by atoms with Crippen molar-refractivity contribution in [3.8, 4) is 5.75 Å². The van der Waals surface area contributed by atoms with Crippen LogP contribution in [-0.4, -0.2) is 50.8 Å². The quantitative estimate of drug-likeness (QED) is 0.610. The van der Waals surface area contributed by atoms with Gasteiger partial charge in [0, 0.05) is 30.5 Å². The average molecular weight is 423 g/mol. The fraction of sp³-hybridized carbons (Fsp3) is 0.500. The molecule has 1 atom stereocenters. The standard InChI is InChI=1S/C26H34N2O3/c1-3-31-26(29)22-9-6-15-27(19-22)16-7-17-28-24-10-5-4-8-20(24)11-12-21-13-14-23(30-2)18-25(21)28/h4-5,8,10,13-14,18,22H,3,6-7,9,11-12,15-17,19H2,1-2H3. The summed E-state index contributed by atoms with van der Waals surface area (Å²) in [5.41, 5.74) is 5.33. The number of likely N-dealkylation sites (tertiary alicyclic amines) is 1. The van der Waals surface area contributed by atoms with Gasteiger partial charge in [-0.2, -0.15) is 0 Å². The number of fused-ring (bicyclic) bond motifs is 2. The first-order valence-electron chi connectivity index (χ1n) is 11.6. The SMILES string of the molecule is CCOC(=O)C1CCCN(CCCN2c3ccccc3CCc3ccc(OC)cc32)C1. The first-order valence-corrected chi connectivity index (χ1v) is 11.6. The summed E-state index contributed by atoms with van der Waals surface area (Å²) in [6.45, 7) is 6.17. The number of aryl methyl sites for hydroxylation is 2. The molecule has 0 amide bonds. The first-order chi connectivity index (χ1) is 15.2. The number of piperidine rings is 1. The Bertz CT molecular complexity index is 898. The molecular formula is C26H34N2O3. The van der Waals surface area contributed by atoms with Crippen molar-refractivity contribution in [2.45, 2.75) is 39.0 Å². The van der Waals surface area contributed by atoms with Crippen LogP contribution in [0.1, 0.15) is 37.3 Å². The Balaban J connectivity index is 1.47. The first kappa shape index (κ1) is 21.7. The number of carbonyl (C=O) groups excluding carboxylic acids is 1. The Morgan fingerprint density at radius 2 is 1.87 bits per heavy atom. The van der Waals surface area contributed by atoms with Gasteiger partial charge in [0.2, 0.25) is 0 Å². The number of hydrogen-bond acceptors (Lipinski definition) is 5. The molecule has 0 saturated carbocycles. The number of esters is 1. The lowest BCUT2D eigenvalue weighted by atomic mass is 9.98. The monoisotopic (exact) mass is 422 g/mol. The van der Waals surface area contributed by atoms with E-state index in [0.29, 0.717) is 6.61 Å². The van der Waals surface area contributed by atoms with Crippen LogP contribution in [0.5, 0.6) is 5.75 Å². The van der Waals surface area contributed by atoms with Gasteiger partial charge < -0.3 is 19.3 Å². The van der Waals surface area contributed by atoms with E-state index in [9.17, 15) is 4.79 Å². The van der Waals surface area contributed by atoms with Crippen LogP contribution in [0.25, 0.3) is 0 Å². The van der Waals surface area contributed by atoms with Crippen molar-refractivity contribution in [2.24, 2.45) is 5.92 Å². The average Bonchev–Trinajstić information content (AvgIpc) is 2.96. The number of carbonyl (C=O) groups is 1. The number of ether oxygens (including phenoxy) is 2. The van der Waals surface area contributed by atoms with Gasteiger partial charge in [-0.05, 0) is 75.4 Å². The zero-order valence-corrected chi connectivity index (χ0v) is 18.8. The fourth-order valence-corrected chi connectivity index (χ4v) is 4.92. The molecule has 0 aromatic heterocycles.